The number of aromatic nitrogens is 2. The van der Waals surface area contributed by atoms with Gasteiger partial charge in [-0.25, -0.2) is 4.52 Å². The van der Waals surface area contributed by atoms with Gasteiger partial charge in [-0.2, -0.15) is 5.10 Å². The molecule has 0 unspecified atom stereocenters. The zero-order chi connectivity index (χ0) is 11.0. The quantitative estimate of drug-likeness (QED) is 0.730. The molecule has 0 aliphatic heterocycles. The Kier molecular flexibility index (Phi) is 2.51. The fourth-order valence-corrected chi connectivity index (χ4v) is 2.02. The van der Waals surface area contributed by atoms with E-state index in [1.54, 1.807) is 0 Å². The average molecular weight is 202 g/mol. The monoisotopic (exact) mass is 202 g/mol. The zero-order valence-electron chi connectivity index (χ0n) is 9.91. The van der Waals surface area contributed by atoms with Crippen molar-refractivity contribution in [1.29, 1.82) is 0 Å². The molecule has 2 nitrogen and oxygen atoms in total. The minimum atomic E-state index is 0.488. The molecule has 2 aromatic rings. The van der Waals surface area contributed by atoms with Crippen LogP contribution in [0.15, 0.2) is 18.3 Å². The highest BCUT2D eigenvalue weighted by atomic mass is 15.2. The molecule has 0 atom stereocenters. The molecule has 0 bridgehead atoms. The fourth-order valence-electron chi connectivity index (χ4n) is 2.02. The van der Waals surface area contributed by atoms with Crippen LogP contribution in [0.3, 0.4) is 0 Å². The van der Waals surface area contributed by atoms with E-state index in [1.807, 2.05) is 4.52 Å². The Morgan fingerprint density at radius 3 is 2.67 bits per heavy atom. The molecule has 0 amide bonds. The van der Waals surface area contributed by atoms with Crippen molar-refractivity contribution in [3.8, 4) is 0 Å². The molecule has 0 aliphatic rings. The highest BCUT2D eigenvalue weighted by molar-refractivity contribution is 5.58. The Bertz CT molecular complexity index is 480. The van der Waals surface area contributed by atoms with Crippen LogP contribution in [0.25, 0.3) is 5.52 Å². The van der Waals surface area contributed by atoms with Gasteiger partial charge in [-0.1, -0.05) is 20.8 Å². The maximum Gasteiger partial charge on any atom is 0.0681 e. The van der Waals surface area contributed by atoms with E-state index in [4.69, 9.17) is 0 Å². The molecule has 0 saturated heterocycles. The number of hydrogen-bond acceptors (Lipinski definition) is 1. The van der Waals surface area contributed by atoms with Crippen LogP contribution in [0, 0.1) is 6.92 Å². The van der Waals surface area contributed by atoms with Crippen LogP contribution in [0.2, 0.25) is 0 Å². The van der Waals surface area contributed by atoms with E-state index < -0.39 is 0 Å². The van der Waals surface area contributed by atoms with Gasteiger partial charge in [0.1, 0.15) is 0 Å². The Morgan fingerprint density at radius 1 is 1.33 bits per heavy atom. The predicted octanol–water partition coefficient (Wildman–Crippen LogP) is 3.33. The molecule has 0 spiro atoms. The largest absolute Gasteiger partial charge is 0.240 e. The van der Waals surface area contributed by atoms with Gasteiger partial charge in [-0.15, -0.1) is 0 Å². The van der Waals surface area contributed by atoms with Crippen molar-refractivity contribution in [1.82, 2.24) is 9.61 Å². The van der Waals surface area contributed by atoms with Crippen LogP contribution in [-0.2, 0) is 6.42 Å². The molecule has 0 saturated carbocycles. The van der Waals surface area contributed by atoms with E-state index in [0.29, 0.717) is 5.92 Å². The first-order valence-electron chi connectivity index (χ1n) is 5.61. The fraction of sp³-hybridized carbons (Fsp3) is 0.462. The van der Waals surface area contributed by atoms with Crippen LogP contribution in [0.4, 0.5) is 0 Å². The maximum absolute atomic E-state index is 4.62. The van der Waals surface area contributed by atoms with Crippen molar-refractivity contribution in [2.45, 2.75) is 40.0 Å². The number of rotatable bonds is 2. The molecular formula is C13H18N2. The van der Waals surface area contributed by atoms with Gasteiger partial charge in [0.2, 0.25) is 0 Å². The third-order valence-corrected chi connectivity index (χ3v) is 2.93. The molecule has 2 aromatic heterocycles. The van der Waals surface area contributed by atoms with Crippen molar-refractivity contribution in [3.63, 3.8) is 0 Å². The lowest BCUT2D eigenvalue weighted by Crippen LogP contribution is -1.98. The molecule has 80 valence electrons. The second kappa shape index (κ2) is 3.69. The summed E-state index contributed by atoms with van der Waals surface area (Å²) >= 11 is 0. The first-order valence-corrected chi connectivity index (χ1v) is 5.61. The highest BCUT2D eigenvalue weighted by Gasteiger charge is 2.08. The summed E-state index contributed by atoms with van der Waals surface area (Å²) in [4.78, 5) is 0. The second-order valence-electron chi connectivity index (χ2n) is 4.39. The van der Waals surface area contributed by atoms with E-state index in [2.05, 4.69) is 51.1 Å². The smallest absolute Gasteiger partial charge is 0.0681 e. The Morgan fingerprint density at radius 2 is 2.07 bits per heavy atom. The molecule has 0 fully saturated rings. The van der Waals surface area contributed by atoms with E-state index in [-0.39, 0.29) is 0 Å². The highest BCUT2D eigenvalue weighted by Crippen LogP contribution is 2.19. The van der Waals surface area contributed by atoms with Crippen LogP contribution in [-0.4, -0.2) is 9.61 Å². The minimum absolute atomic E-state index is 0.488. The molecule has 15 heavy (non-hydrogen) atoms. The molecule has 0 aliphatic carbocycles. The zero-order valence-corrected chi connectivity index (χ0v) is 9.91. The topological polar surface area (TPSA) is 17.3 Å². The summed E-state index contributed by atoms with van der Waals surface area (Å²) in [6.07, 6.45) is 3.20. The van der Waals surface area contributed by atoms with Gasteiger partial charge < -0.3 is 0 Å². The molecular weight excluding hydrogens is 184 g/mol. The number of nitrogens with zero attached hydrogens (tertiary/aromatic N) is 2. The van der Waals surface area contributed by atoms with Gasteiger partial charge in [0.05, 0.1) is 11.2 Å². The van der Waals surface area contributed by atoms with Crippen molar-refractivity contribution in [3.05, 3.63) is 35.2 Å². The molecule has 2 heterocycles. The Balaban J connectivity index is 2.64. The van der Waals surface area contributed by atoms with Crippen molar-refractivity contribution < 1.29 is 0 Å². The Hall–Kier alpha value is -1.31. The van der Waals surface area contributed by atoms with Crippen LogP contribution >= 0.6 is 0 Å². The number of hydrogen-bond donors (Lipinski definition) is 0. The summed E-state index contributed by atoms with van der Waals surface area (Å²) in [5.41, 5.74) is 5.16. The van der Waals surface area contributed by atoms with Gasteiger partial charge >= 0.3 is 0 Å². The molecule has 2 heteroatoms. The summed E-state index contributed by atoms with van der Waals surface area (Å²) in [6.45, 7) is 8.69. The lowest BCUT2D eigenvalue weighted by molar-refractivity contribution is 0.764. The van der Waals surface area contributed by atoms with E-state index >= 15 is 0 Å². The SMILES string of the molecule is CCc1c(C)cn2nc(C(C)C)ccc12. The summed E-state index contributed by atoms with van der Waals surface area (Å²) < 4.78 is 2.02. The van der Waals surface area contributed by atoms with Crippen LogP contribution < -0.4 is 0 Å². The predicted molar refractivity (Wildman–Crippen MR) is 63.4 cm³/mol. The first-order chi connectivity index (χ1) is 7.13. The molecule has 2 rings (SSSR count). The van der Waals surface area contributed by atoms with Crippen LogP contribution in [0.1, 0.15) is 43.5 Å². The number of aryl methyl sites for hydroxylation is 2. The van der Waals surface area contributed by atoms with Crippen LogP contribution in [0.5, 0.6) is 0 Å². The molecule has 0 radical (unpaired) electrons. The lowest BCUT2D eigenvalue weighted by atomic mass is 10.1. The second-order valence-corrected chi connectivity index (χ2v) is 4.39. The van der Waals surface area contributed by atoms with Gasteiger partial charge in [-0.05, 0) is 42.5 Å². The minimum Gasteiger partial charge on any atom is -0.240 e. The van der Waals surface area contributed by atoms with Crippen molar-refractivity contribution >= 4 is 5.52 Å². The maximum atomic E-state index is 4.62. The van der Waals surface area contributed by atoms with Gasteiger partial charge in [0, 0.05) is 6.20 Å². The molecule has 0 aromatic carbocycles. The first kappa shape index (κ1) is 10.2. The summed E-state index contributed by atoms with van der Waals surface area (Å²) in [6, 6.07) is 4.33. The van der Waals surface area contributed by atoms with Crippen molar-refractivity contribution in [2.24, 2.45) is 0 Å². The summed E-state index contributed by atoms with van der Waals surface area (Å²) in [7, 11) is 0. The third-order valence-electron chi connectivity index (χ3n) is 2.93. The van der Waals surface area contributed by atoms with Crippen molar-refractivity contribution in [2.75, 3.05) is 0 Å². The van der Waals surface area contributed by atoms with Gasteiger partial charge in [0.25, 0.3) is 0 Å². The standard InChI is InChI=1S/C13H18N2/c1-5-11-10(4)8-15-13(11)7-6-12(14-15)9(2)3/h6-9H,5H2,1-4H3. The lowest BCUT2D eigenvalue weighted by Gasteiger charge is -2.05. The normalized spacial score (nSPS) is 11.5. The summed E-state index contributed by atoms with van der Waals surface area (Å²) in [5.74, 6) is 0.488. The van der Waals surface area contributed by atoms with Gasteiger partial charge in [-0.3, -0.25) is 0 Å². The average Bonchev–Trinajstić information content (AvgIpc) is 2.51. The number of fused-ring (bicyclic) bond motifs is 1. The van der Waals surface area contributed by atoms with E-state index in [1.165, 1.54) is 16.6 Å². The van der Waals surface area contributed by atoms with E-state index in [0.717, 1.165) is 12.1 Å². The van der Waals surface area contributed by atoms with Gasteiger partial charge in [0.15, 0.2) is 0 Å². The Labute approximate surface area is 90.9 Å². The third kappa shape index (κ3) is 1.65. The van der Waals surface area contributed by atoms with E-state index in [9.17, 15) is 0 Å². The summed E-state index contributed by atoms with van der Waals surface area (Å²) in [5, 5.41) is 4.62. The molecule has 0 N–H and O–H groups in total.